The zero-order valence-electron chi connectivity index (χ0n) is 13.9. The van der Waals surface area contributed by atoms with Crippen molar-refractivity contribution in [3.63, 3.8) is 0 Å². The molecule has 0 aromatic heterocycles. The Hall–Kier alpha value is -1.51. The average Bonchev–Trinajstić information content (AvgIpc) is 2.82. The molecule has 4 rings (SSSR count). The fourth-order valence-corrected chi connectivity index (χ4v) is 3.87. The number of hydrogen-bond donors (Lipinski definition) is 0. The molecule has 2 heterocycles. The van der Waals surface area contributed by atoms with Crippen LogP contribution in [-0.2, 0) is 4.74 Å². The summed E-state index contributed by atoms with van der Waals surface area (Å²) in [6.07, 6.45) is 5.79. The third-order valence-electron chi connectivity index (χ3n) is 4.91. The normalized spacial score (nSPS) is 33.3. The molecule has 1 atom stereocenters. The van der Waals surface area contributed by atoms with Crippen LogP contribution in [0.1, 0.15) is 47.3 Å². The van der Waals surface area contributed by atoms with E-state index in [0.717, 1.165) is 18.5 Å². The lowest BCUT2D eigenvalue weighted by Gasteiger charge is -2.22. The van der Waals surface area contributed by atoms with E-state index in [2.05, 4.69) is 30.9 Å². The Kier molecular flexibility index (Phi) is 2.58. The van der Waals surface area contributed by atoms with Gasteiger partial charge in [0.15, 0.2) is 0 Å². The molecule has 1 unspecified atom stereocenters. The first-order chi connectivity index (χ1) is 10.5. The minimum Gasteiger partial charge on any atom is -0.477 e. The van der Waals surface area contributed by atoms with Gasteiger partial charge in [0.25, 0.3) is 0 Å². The minimum atomic E-state index is -0.817. The average molecular weight is 285 g/mol. The van der Waals surface area contributed by atoms with Gasteiger partial charge < -0.3 is 9.64 Å². The first-order valence-corrected chi connectivity index (χ1v) is 8.08. The molecule has 0 amide bonds. The number of anilines is 1. The quantitative estimate of drug-likeness (QED) is 0.772. The van der Waals surface area contributed by atoms with E-state index in [-0.39, 0.29) is 11.1 Å². The molecule has 2 fully saturated rings. The maximum atomic E-state index is 9.22. The second-order valence-corrected chi connectivity index (χ2v) is 7.13. The molecule has 0 bridgehead atoms. The molecule has 1 aliphatic carbocycles. The van der Waals surface area contributed by atoms with Gasteiger partial charge in [0.1, 0.15) is 12.6 Å². The van der Waals surface area contributed by atoms with Crippen LogP contribution in [0.3, 0.4) is 0 Å². The number of benzene rings is 1. The molecule has 1 saturated heterocycles. The number of nitrogens with zero attached hydrogens (tertiary/aromatic N) is 2. The van der Waals surface area contributed by atoms with Crippen molar-refractivity contribution in [2.24, 2.45) is 4.99 Å². The summed E-state index contributed by atoms with van der Waals surface area (Å²) in [5.41, 5.74) is 0.797. The van der Waals surface area contributed by atoms with Gasteiger partial charge in [0.2, 0.25) is 5.90 Å². The van der Waals surface area contributed by atoms with Crippen LogP contribution in [0, 0.1) is 0 Å². The van der Waals surface area contributed by atoms with Crippen LogP contribution in [-0.4, -0.2) is 29.6 Å². The third-order valence-corrected chi connectivity index (χ3v) is 4.91. The van der Waals surface area contributed by atoms with Crippen LogP contribution in [0.15, 0.2) is 35.3 Å². The van der Waals surface area contributed by atoms with Crippen LogP contribution >= 0.6 is 0 Å². The van der Waals surface area contributed by atoms with Crippen molar-refractivity contribution in [1.29, 1.82) is 0 Å². The van der Waals surface area contributed by atoms with Gasteiger partial charge in [-0.25, -0.2) is 4.99 Å². The molecule has 1 aromatic rings. The molecule has 1 saturated carbocycles. The van der Waals surface area contributed by atoms with Gasteiger partial charge in [-0.05, 0) is 38.8 Å². The van der Waals surface area contributed by atoms with Crippen molar-refractivity contribution in [3.8, 4) is 0 Å². The summed E-state index contributed by atoms with van der Waals surface area (Å²) in [5, 5.41) is 0. The molecule has 3 aliphatic rings. The summed E-state index contributed by atoms with van der Waals surface area (Å²) in [6.45, 7) is 4.74. The Balaban J connectivity index is 1.76. The summed E-state index contributed by atoms with van der Waals surface area (Å²) in [7, 11) is 0. The summed E-state index contributed by atoms with van der Waals surface area (Å²) < 4.78 is 15.1. The maximum Gasteiger partial charge on any atom is 0.209 e. The lowest BCUT2D eigenvalue weighted by atomic mass is 9.85. The lowest BCUT2D eigenvalue weighted by molar-refractivity contribution is 0.272. The van der Waals surface area contributed by atoms with Gasteiger partial charge in [0, 0.05) is 5.69 Å². The van der Waals surface area contributed by atoms with Gasteiger partial charge in [-0.3, -0.25) is 0 Å². The Morgan fingerprint density at radius 3 is 2.52 bits per heavy atom. The molecule has 0 radical (unpaired) electrons. The summed E-state index contributed by atoms with van der Waals surface area (Å²) in [6, 6.07) is 9.51. The Bertz CT molecular complexity index is 607. The fraction of sp³-hybridized carbons (Fsp3) is 0.611. The van der Waals surface area contributed by atoms with E-state index in [1.807, 2.05) is 18.2 Å². The second-order valence-electron chi connectivity index (χ2n) is 7.13. The maximum absolute atomic E-state index is 9.22. The highest BCUT2D eigenvalue weighted by molar-refractivity contribution is 5.95. The zero-order valence-corrected chi connectivity index (χ0v) is 12.9. The number of para-hydroxylation sites is 1. The van der Waals surface area contributed by atoms with Gasteiger partial charge >= 0.3 is 0 Å². The third kappa shape index (κ3) is 2.05. The zero-order chi connectivity index (χ0) is 15.4. The van der Waals surface area contributed by atoms with Crippen LogP contribution < -0.4 is 4.90 Å². The molecular formula is C18H24N2O. The Labute approximate surface area is 128 Å². The van der Waals surface area contributed by atoms with Crippen molar-refractivity contribution in [2.75, 3.05) is 11.5 Å². The lowest BCUT2D eigenvalue weighted by Crippen LogP contribution is -2.24. The van der Waals surface area contributed by atoms with E-state index in [1.54, 1.807) is 0 Å². The molecule has 1 spiro atoms. The molecule has 3 nitrogen and oxygen atoms in total. The number of aliphatic imine (C=N–C) groups is 1. The largest absolute Gasteiger partial charge is 0.477 e. The first kappa shape index (κ1) is 12.1. The molecule has 3 heteroatoms. The van der Waals surface area contributed by atoms with E-state index in [9.17, 15) is 1.37 Å². The molecule has 112 valence electrons. The van der Waals surface area contributed by atoms with E-state index in [4.69, 9.17) is 9.73 Å². The predicted molar refractivity (Wildman–Crippen MR) is 86.0 cm³/mol. The van der Waals surface area contributed by atoms with Crippen molar-refractivity contribution >= 4 is 11.6 Å². The Morgan fingerprint density at radius 1 is 1.19 bits per heavy atom. The highest BCUT2D eigenvalue weighted by Gasteiger charge is 2.66. The highest BCUT2D eigenvalue weighted by Crippen LogP contribution is 2.55. The summed E-state index contributed by atoms with van der Waals surface area (Å²) in [5.74, 6) is 0.628. The van der Waals surface area contributed by atoms with Crippen molar-refractivity contribution < 1.29 is 6.11 Å². The van der Waals surface area contributed by atoms with E-state index in [0.29, 0.717) is 12.5 Å². The van der Waals surface area contributed by atoms with Gasteiger partial charge in [-0.15, -0.1) is 0 Å². The number of ether oxygens (including phenoxy) is 1. The first-order valence-electron chi connectivity index (χ1n) is 8.58. The van der Waals surface area contributed by atoms with Gasteiger partial charge in [-0.1, -0.05) is 37.5 Å². The minimum absolute atomic E-state index is 0.119. The topological polar surface area (TPSA) is 24.6 Å². The van der Waals surface area contributed by atoms with Crippen molar-refractivity contribution in [2.45, 2.75) is 63.0 Å². The smallest absolute Gasteiger partial charge is 0.209 e. The summed E-state index contributed by atoms with van der Waals surface area (Å²) >= 11 is 0. The van der Waals surface area contributed by atoms with E-state index < -0.39 is 6.02 Å². The molecular weight excluding hydrogens is 260 g/mol. The molecule has 0 N–H and O–H groups in total. The Morgan fingerprint density at radius 2 is 1.90 bits per heavy atom. The second kappa shape index (κ2) is 4.49. The number of rotatable bonds is 2. The number of hydrogen-bond acceptors (Lipinski definition) is 3. The van der Waals surface area contributed by atoms with Crippen molar-refractivity contribution in [1.82, 2.24) is 0 Å². The predicted octanol–water partition coefficient (Wildman–Crippen LogP) is 3.79. The fourth-order valence-electron chi connectivity index (χ4n) is 3.87. The van der Waals surface area contributed by atoms with Crippen molar-refractivity contribution in [3.05, 3.63) is 30.3 Å². The van der Waals surface area contributed by atoms with E-state index in [1.165, 1.54) is 19.3 Å². The SMILES string of the molecule is [2H]C1(C2=NC(C)(C)CO2)N(c2ccccc2)C12CCCCC2. The van der Waals surface area contributed by atoms with Crippen LogP contribution in [0.2, 0.25) is 0 Å². The van der Waals surface area contributed by atoms with Gasteiger partial charge in [0.05, 0.1) is 12.4 Å². The highest BCUT2D eigenvalue weighted by atomic mass is 16.5. The van der Waals surface area contributed by atoms with Crippen LogP contribution in [0.4, 0.5) is 5.69 Å². The van der Waals surface area contributed by atoms with E-state index >= 15 is 0 Å². The molecule has 2 aliphatic heterocycles. The van der Waals surface area contributed by atoms with Crippen LogP contribution in [0.25, 0.3) is 0 Å². The molecule has 21 heavy (non-hydrogen) atoms. The molecule has 1 aromatic carbocycles. The van der Waals surface area contributed by atoms with Gasteiger partial charge in [-0.2, -0.15) is 0 Å². The standard InChI is InChI=1S/C18H24N2O/c1-17(2)13-21-16(19-17)15-18(11-7-4-8-12-18)20(15)14-9-5-3-6-10-14/h3,5-6,9-10,15H,4,7-8,11-13H2,1-2H3/i15D. The van der Waals surface area contributed by atoms with Crippen LogP contribution in [0.5, 0.6) is 0 Å². The monoisotopic (exact) mass is 285 g/mol. The summed E-state index contributed by atoms with van der Waals surface area (Å²) in [4.78, 5) is 6.99.